The molecular formula is C15H20N2OS. The SMILES string of the molecule is COc1ccccc1Cc1nc(C)c(C(C)(C)N)s1. The van der Waals surface area contributed by atoms with Crippen LogP contribution in [0.15, 0.2) is 24.3 Å². The van der Waals surface area contributed by atoms with Crippen LogP contribution in [0.5, 0.6) is 5.75 Å². The maximum atomic E-state index is 6.17. The number of hydrogen-bond acceptors (Lipinski definition) is 4. The van der Waals surface area contributed by atoms with Crippen LogP contribution in [0.2, 0.25) is 0 Å². The van der Waals surface area contributed by atoms with E-state index in [4.69, 9.17) is 10.5 Å². The van der Waals surface area contributed by atoms with Crippen LogP contribution in [-0.2, 0) is 12.0 Å². The van der Waals surface area contributed by atoms with Gasteiger partial charge in [0.15, 0.2) is 0 Å². The zero-order chi connectivity index (χ0) is 14.0. The van der Waals surface area contributed by atoms with Crippen molar-refractivity contribution in [1.82, 2.24) is 4.98 Å². The molecule has 0 aliphatic carbocycles. The molecule has 0 radical (unpaired) electrons. The van der Waals surface area contributed by atoms with E-state index in [0.717, 1.165) is 33.3 Å². The lowest BCUT2D eigenvalue weighted by Gasteiger charge is -2.16. The molecule has 0 aliphatic rings. The first-order chi connectivity index (χ1) is 8.91. The van der Waals surface area contributed by atoms with Crippen molar-refractivity contribution in [2.45, 2.75) is 32.7 Å². The number of para-hydroxylation sites is 1. The zero-order valence-corrected chi connectivity index (χ0v) is 12.7. The van der Waals surface area contributed by atoms with Crippen molar-refractivity contribution in [2.75, 3.05) is 7.11 Å². The monoisotopic (exact) mass is 276 g/mol. The molecule has 102 valence electrons. The van der Waals surface area contributed by atoms with Gasteiger partial charge in [-0.05, 0) is 26.8 Å². The highest BCUT2D eigenvalue weighted by molar-refractivity contribution is 7.11. The lowest BCUT2D eigenvalue weighted by molar-refractivity contribution is 0.410. The first-order valence-corrected chi connectivity index (χ1v) is 7.11. The average molecular weight is 276 g/mol. The molecule has 0 fully saturated rings. The third-order valence-electron chi connectivity index (χ3n) is 2.96. The van der Waals surface area contributed by atoms with Crippen molar-refractivity contribution in [3.05, 3.63) is 45.4 Å². The Labute approximate surface area is 118 Å². The fourth-order valence-corrected chi connectivity index (χ4v) is 3.24. The number of aryl methyl sites for hydroxylation is 1. The van der Waals surface area contributed by atoms with Gasteiger partial charge in [0, 0.05) is 22.4 Å². The smallest absolute Gasteiger partial charge is 0.122 e. The van der Waals surface area contributed by atoms with Crippen LogP contribution in [0.25, 0.3) is 0 Å². The van der Waals surface area contributed by atoms with Crippen LogP contribution in [0.4, 0.5) is 0 Å². The summed E-state index contributed by atoms with van der Waals surface area (Å²) >= 11 is 1.69. The lowest BCUT2D eigenvalue weighted by Crippen LogP contribution is -2.28. The Morgan fingerprint density at radius 3 is 2.58 bits per heavy atom. The van der Waals surface area contributed by atoms with Gasteiger partial charge in [0.2, 0.25) is 0 Å². The highest BCUT2D eigenvalue weighted by Gasteiger charge is 2.21. The third-order valence-corrected chi connectivity index (χ3v) is 4.46. The van der Waals surface area contributed by atoms with Gasteiger partial charge >= 0.3 is 0 Å². The zero-order valence-electron chi connectivity index (χ0n) is 11.9. The molecule has 0 aliphatic heterocycles. The fraction of sp³-hybridized carbons (Fsp3) is 0.400. The van der Waals surface area contributed by atoms with Crippen LogP contribution < -0.4 is 10.5 Å². The quantitative estimate of drug-likeness (QED) is 0.932. The second kappa shape index (κ2) is 5.31. The Morgan fingerprint density at radius 2 is 2.00 bits per heavy atom. The van der Waals surface area contributed by atoms with Gasteiger partial charge < -0.3 is 10.5 Å². The molecule has 19 heavy (non-hydrogen) atoms. The topological polar surface area (TPSA) is 48.1 Å². The summed E-state index contributed by atoms with van der Waals surface area (Å²) in [5, 5.41) is 1.08. The molecular weight excluding hydrogens is 256 g/mol. The van der Waals surface area contributed by atoms with E-state index in [1.807, 2.05) is 39.0 Å². The van der Waals surface area contributed by atoms with Crippen molar-refractivity contribution >= 4 is 11.3 Å². The Balaban J connectivity index is 2.30. The lowest BCUT2D eigenvalue weighted by atomic mass is 10.0. The molecule has 1 aromatic carbocycles. The number of aromatic nitrogens is 1. The first-order valence-electron chi connectivity index (χ1n) is 6.29. The molecule has 1 heterocycles. The van der Waals surface area contributed by atoms with Gasteiger partial charge in [0.25, 0.3) is 0 Å². The number of thiazole rings is 1. The molecule has 0 atom stereocenters. The summed E-state index contributed by atoms with van der Waals surface area (Å²) in [5.74, 6) is 0.906. The van der Waals surface area contributed by atoms with E-state index in [9.17, 15) is 0 Å². The summed E-state index contributed by atoms with van der Waals surface area (Å²) in [5.41, 5.74) is 8.02. The van der Waals surface area contributed by atoms with Crippen LogP contribution >= 0.6 is 11.3 Å². The molecule has 0 spiro atoms. The molecule has 0 bridgehead atoms. The van der Waals surface area contributed by atoms with Gasteiger partial charge in [0.1, 0.15) is 5.75 Å². The van der Waals surface area contributed by atoms with Crippen molar-refractivity contribution in [1.29, 1.82) is 0 Å². The maximum Gasteiger partial charge on any atom is 0.122 e. The summed E-state index contributed by atoms with van der Waals surface area (Å²) in [7, 11) is 1.69. The molecule has 2 aromatic rings. The van der Waals surface area contributed by atoms with Crippen LogP contribution in [0, 0.1) is 6.92 Å². The third kappa shape index (κ3) is 3.14. The number of benzene rings is 1. The molecule has 2 rings (SSSR count). The number of nitrogens with two attached hydrogens (primary N) is 1. The predicted octanol–water partition coefficient (Wildman–Crippen LogP) is 3.24. The number of rotatable bonds is 4. The number of methoxy groups -OCH3 is 1. The number of nitrogens with zero attached hydrogens (tertiary/aromatic N) is 1. The van der Waals surface area contributed by atoms with E-state index in [0.29, 0.717) is 0 Å². The first kappa shape index (κ1) is 14.0. The Bertz CT molecular complexity index is 570. The molecule has 2 N–H and O–H groups in total. The van der Waals surface area contributed by atoms with E-state index in [-0.39, 0.29) is 5.54 Å². The Morgan fingerprint density at radius 1 is 1.32 bits per heavy atom. The summed E-state index contributed by atoms with van der Waals surface area (Å²) in [4.78, 5) is 5.78. The van der Waals surface area contributed by atoms with Gasteiger partial charge in [0.05, 0.1) is 17.8 Å². The van der Waals surface area contributed by atoms with Crippen LogP contribution in [0.1, 0.15) is 35.0 Å². The molecule has 0 unspecified atom stereocenters. The van der Waals surface area contributed by atoms with E-state index >= 15 is 0 Å². The van der Waals surface area contributed by atoms with Gasteiger partial charge in [-0.2, -0.15) is 0 Å². The largest absolute Gasteiger partial charge is 0.496 e. The summed E-state index contributed by atoms with van der Waals surface area (Å²) in [6.07, 6.45) is 0.783. The number of ether oxygens (including phenoxy) is 1. The predicted molar refractivity (Wildman–Crippen MR) is 79.9 cm³/mol. The Hall–Kier alpha value is -1.39. The van der Waals surface area contributed by atoms with Crippen LogP contribution in [-0.4, -0.2) is 12.1 Å². The molecule has 0 saturated carbocycles. The van der Waals surface area contributed by atoms with Crippen molar-refractivity contribution in [2.24, 2.45) is 5.73 Å². The summed E-state index contributed by atoms with van der Waals surface area (Å²) < 4.78 is 5.37. The second-order valence-electron chi connectivity index (χ2n) is 5.23. The van der Waals surface area contributed by atoms with Gasteiger partial charge in [-0.1, -0.05) is 18.2 Å². The summed E-state index contributed by atoms with van der Waals surface area (Å²) in [6.45, 7) is 6.05. The number of hydrogen-bond donors (Lipinski definition) is 1. The second-order valence-corrected chi connectivity index (χ2v) is 6.32. The fourth-order valence-electron chi connectivity index (χ4n) is 2.14. The van der Waals surface area contributed by atoms with Gasteiger partial charge in [-0.3, -0.25) is 0 Å². The van der Waals surface area contributed by atoms with E-state index in [2.05, 4.69) is 11.1 Å². The molecule has 3 nitrogen and oxygen atoms in total. The highest BCUT2D eigenvalue weighted by Crippen LogP contribution is 2.30. The molecule has 0 amide bonds. The maximum absolute atomic E-state index is 6.17. The van der Waals surface area contributed by atoms with Crippen LogP contribution in [0.3, 0.4) is 0 Å². The minimum absolute atomic E-state index is 0.333. The van der Waals surface area contributed by atoms with Gasteiger partial charge in [-0.25, -0.2) is 4.98 Å². The van der Waals surface area contributed by atoms with Crippen molar-refractivity contribution in [3.8, 4) is 5.75 Å². The van der Waals surface area contributed by atoms with Crippen molar-refractivity contribution < 1.29 is 4.74 Å². The Kier molecular flexibility index (Phi) is 3.92. The van der Waals surface area contributed by atoms with E-state index in [1.165, 1.54) is 0 Å². The average Bonchev–Trinajstić information content (AvgIpc) is 2.71. The molecule has 4 heteroatoms. The van der Waals surface area contributed by atoms with Gasteiger partial charge in [-0.15, -0.1) is 11.3 Å². The minimum Gasteiger partial charge on any atom is -0.496 e. The van der Waals surface area contributed by atoms with E-state index in [1.54, 1.807) is 18.4 Å². The highest BCUT2D eigenvalue weighted by atomic mass is 32.1. The summed E-state index contributed by atoms with van der Waals surface area (Å²) in [6, 6.07) is 8.04. The van der Waals surface area contributed by atoms with Crippen molar-refractivity contribution in [3.63, 3.8) is 0 Å². The minimum atomic E-state index is -0.333. The molecule has 0 saturated heterocycles. The standard InChI is InChI=1S/C15H20N2OS/c1-10-14(15(2,3)16)19-13(17-10)9-11-7-5-6-8-12(11)18-4/h5-8H,9,16H2,1-4H3. The van der Waals surface area contributed by atoms with E-state index < -0.39 is 0 Å². The molecule has 1 aromatic heterocycles. The normalized spacial score (nSPS) is 11.6.